The minimum atomic E-state index is 0.366. The molecule has 1 N–H and O–H groups in total. The number of hydrogen-bond acceptors (Lipinski definition) is 2. The smallest absolute Gasteiger partial charge is 0.0696 e. The zero-order valence-corrected chi connectivity index (χ0v) is 11.1. The van der Waals surface area contributed by atoms with E-state index in [1.165, 1.54) is 5.56 Å². The lowest BCUT2D eigenvalue weighted by Gasteiger charge is -2.16. The summed E-state index contributed by atoms with van der Waals surface area (Å²) >= 11 is 0. The van der Waals surface area contributed by atoms with Gasteiger partial charge in [0.1, 0.15) is 0 Å². The molecule has 0 saturated carbocycles. The zero-order chi connectivity index (χ0) is 12.3. The molecular formula is C15H25NO. The molecule has 0 bridgehead atoms. The molecule has 0 saturated heterocycles. The third-order valence-corrected chi connectivity index (χ3v) is 2.88. The minimum Gasteiger partial charge on any atom is -0.377 e. The van der Waals surface area contributed by atoms with E-state index in [9.17, 15) is 0 Å². The molecule has 1 aromatic carbocycles. The zero-order valence-electron chi connectivity index (χ0n) is 11.1. The second-order valence-electron chi connectivity index (χ2n) is 4.30. The number of likely N-dealkylation sites (N-methyl/N-ethyl adjacent to an activating group) is 1. The molecule has 0 aliphatic rings. The van der Waals surface area contributed by atoms with Crippen molar-refractivity contribution in [2.75, 3.05) is 19.7 Å². The first-order chi connectivity index (χ1) is 8.36. The molecule has 0 aliphatic heterocycles. The maximum atomic E-state index is 5.85. The summed E-state index contributed by atoms with van der Waals surface area (Å²) in [4.78, 5) is 0. The van der Waals surface area contributed by atoms with Gasteiger partial charge in [0.2, 0.25) is 0 Å². The summed E-state index contributed by atoms with van der Waals surface area (Å²) in [5.74, 6) is 0. The van der Waals surface area contributed by atoms with Crippen LogP contribution in [0.15, 0.2) is 30.3 Å². The van der Waals surface area contributed by atoms with E-state index in [1.807, 2.05) is 0 Å². The van der Waals surface area contributed by atoms with E-state index in [0.717, 1.165) is 39.0 Å². The normalized spacial score (nSPS) is 12.6. The summed E-state index contributed by atoms with van der Waals surface area (Å²) in [6.45, 7) is 7.16. The number of rotatable bonds is 9. The average Bonchev–Trinajstić information content (AvgIpc) is 2.39. The summed E-state index contributed by atoms with van der Waals surface area (Å²) in [5.41, 5.74) is 1.40. The largest absolute Gasteiger partial charge is 0.377 e. The van der Waals surface area contributed by atoms with E-state index >= 15 is 0 Å². The summed E-state index contributed by atoms with van der Waals surface area (Å²) in [5, 5.41) is 3.33. The van der Waals surface area contributed by atoms with Gasteiger partial charge in [0.25, 0.3) is 0 Å². The number of nitrogens with one attached hydrogen (secondary N) is 1. The van der Waals surface area contributed by atoms with Gasteiger partial charge in [0.15, 0.2) is 0 Å². The van der Waals surface area contributed by atoms with Gasteiger partial charge in [-0.1, -0.05) is 44.2 Å². The fourth-order valence-electron chi connectivity index (χ4n) is 1.80. The van der Waals surface area contributed by atoms with Crippen molar-refractivity contribution in [1.82, 2.24) is 5.32 Å². The fourth-order valence-corrected chi connectivity index (χ4v) is 1.80. The Kier molecular flexibility index (Phi) is 7.69. The molecule has 0 heterocycles. The van der Waals surface area contributed by atoms with E-state index in [4.69, 9.17) is 4.74 Å². The van der Waals surface area contributed by atoms with Crippen LogP contribution < -0.4 is 5.32 Å². The quantitative estimate of drug-likeness (QED) is 0.664. The van der Waals surface area contributed by atoms with Crippen LogP contribution in [0.2, 0.25) is 0 Å². The third kappa shape index (κ3) is 6.44. The molecule has 0 aromatic heterocycles. The molecule has 1 atom stereocenters. The first kappa shape index (κ1) is 14.2. The highest BCUT2D eigenvalue weighted by Gasteiger charge is 2.04. The first-order valence-electron chi connectivity index (χ1n) is 6.73. The van der Waals surface area contributed by atoms with Gasteiger partial charge in [-0.3, -0.25) is 0 Å². The third-order valence-electron chi connectivity index (χ3n) is 2.88. The van der Waals surface area contributed by atoms with E-state index in [2.05, 4.69) is 49.5 Å². The van der Waals surface area contributed by atoms with Crippen molar-refractivity contribution in [3.63, 3.8) is 0 Å². The highest BCUT2D eigenvalue weighted by atomic mass is 16.5. The molecule has 0 aliphatic carbocycles. The predicted molar refractivity (Wildman–Crippen MR) is 73.3 cm³/mol. The molecule has 0 spiro atoms. The summed E-state index contributed by atoms with van der Waals surface area (Å²) in [6.07, 6.45) is 3.66. The van der Waals surface area contributed by atoms with Crippen molar-refractivity contribution in [2.45, 2.75) is 39.2 Å². The van der Waals surface area contributed by atoms with Gasteiger partial charge >= 0.3 is 0 Å². The van der Waals surface area contributed by atoms with Crippen LogP contribution in [0.25, 0.3) is 0 Å². The lowest BCUT2D eigenvalue weighted by Crippen LogP contribution is -2.28. The van der Waals surface area contributed by atoms with Gasteiger partial charge < -0.3 is 10.1 Å². The van der Waals surface area contributed by atoms with Crippen LogP contribution in [-0.2, 0) is 11.2 Å². The molecule has 0 fully saturated rings. The Balaban J connectivity index is 2.10. The molecule has 1 aromatic rings. The van der Waals surface area contributed by atoms with Gasteiger partial charge in [-0.15, -0.1) is 0 Å². The highest BCUT2D eigenvalue weighted by molar-refractivity contribution is 5.14. The van der Waals surface area contributed by atoms with E-state index in [-0.39, 0.29) is 0 Å². The number of aryl methyl sites for hydroxylation is 1. The van der Waals surface area contributed by atoms with Crippen molar-refractivity contribution >= 4 is 0 Å². The van der Waals surface area contributed by atoms with Crippen LogP contribution in [0, 0.1) is 0 Å². The van der Waals surface area contributed by atoms with Crippen molar-refractivity contribution < 1.29 is 4.74 Å². The maximum Gasteiger partial charge on any atom is 0.0696 e. The Bertz CT molecular complexity index is 274. The molecule has 1 rings (SSSR count). The number of benzene rings is 1. The van der Waals surface area contributed by atoms with Crippen LogP contribution in [0.5, 0.6) is 0 Å². The van der Waals surface area contributed by atoms with Gasteiger partial charge in [-0.05, 0) is 31.4 Å². The Hall–Kier alpha value is -0.860. The lowest BCUT2D eigenvalue weighted by molar-refractivity contribution is 0.0497. The van der Waals surface area contributed by atoms with Crippen molar-refractivity contribution in [3.8, 4) is 0 Å². The molecule has 96 valence electrons. The summed E-state index contributed by atoms with van der Waals surface area (Å²) < 4.78 is 5.85. The Morgan fingerprint density at radius 1 is 1.18 bits per heavy atom. The van der Waals surface area contributed by atoms with Crippen LogP contribution in [0.4, 0.5) is 0 Å². The van der Waals surface area contributed by atoms with Gasteiger partial charge in [-0.25, -0.2) is 0 Å². The Morgan fingerprint density at radius 3 is 2.59 bits per heavy atom. The van der Waals surface area contributed by atoms with E-state index < -0.39 is 0 Å². The molecule has 0 radical (unpaired) electrons. The highest BCUT2D eigenvalue weighted by Crippen LogP contribution is 2.04. The van der Waals surface area contributed by atoms with Gasteiger partial charge in [0, 0.05) is 13.2 Å². The molecule has 17 heavy (non-hydrogen) atoms. The predicted octanol–water partition coefficient (Wildman–Crippen LogP) is 3.02. The maximum absolute atomic E-state index is 5.85. The monoisotopic (exact) mass is 235 g/mol. The summed E-state index contributed by atoms with van der Waals surface area (Å²) in [7, 11) is 0. The summed E-state index contributed by atoms with van der Waals surface area (Å²) in [6, 6.07) is 10.6. The van der Waals surface area contributed by atoms with E-state index in [1.54, 1.807) is 0 Å². The molecule has 2 nitrogen and oxygen atoms in total. The van der Waals surface area contributed by atoms with Crippen LogP contribution in [0.3, 0.4) is 0 Å². The number of ether oxygens (including phenoxy) is 1. The van der Waals surface area contributed by atoms with Gasteiger partial charge in [-0.2, -0.15) is 0 Å². The second-order valence-corrected chi connectivity index (χ2v) is 4.30. The van der Waals surface area contributed by atoms with Crippen molar-refractivity contribution in [2.24, 2.45) is 0 Å². The van der Waals surface area contributed by atoms with Crippen LogP contribution in [0.1, 0.15) is 32.3 Å². The van der Waals surface area contributed by atoms with Crippen molar-refractivity contribution in [3.05, 3.63) is 35.9 Å². The SMILES string of the molecule is CCNCC(CC)OCCCc1ccccc1. The fraction of sp³-hybridized carbons (Fsp3) is 0.600. The van der Waals surface area contributed by atoms with Gasteiger partial charge in [0.05, 0.1) is 6.10 Å². The standard InChI is InChI=1S/C15H25NO/c1-3-15(13-16-4-2)17-12-8-11-14-9-6-5-7-10-14/h5-7,9-10,15-16H,3-4,8,11-13H2,1-2H3. The van der Waals surface area contributed by atoms with Crippen LogP contribution in [-0.4, -0.2) is 25.8 Å². The molecule has 2 heteroatoms. The molecule has 1 unspecified atom stereocenters. The minimum absolute atomic E-state index is 0.366. The lowest BCUT2D eigenvalue weighted by atomic mass is 10.1. The van der Waals surface area contributed by atoms with Crippen LogP contribution >= 0.6 is 0 Å². The molecule has 0 amide bonds. The first-order valence-corrected chi connectivity index (χ1v) is 6.73. The Morgan fingerprint density at radius 2 is 1.94 bits per heavy atom. The van der Waals surface area contributed by atoms with Crippen molar-refractivity contribution in [1.29, 1.82) is 0 Å². The topological polar surface area (TPSA) is 21.3 Å². The molecular weight excluding hydrogens is 210 g/mol. The number of hydrogen-bond donors (Lipinski definition) is 1. The van der Waals surface area contributed by atoms with E-state index in [0.29, 0.717) is 6.10 Å². The Labute approximate surface area is 105 Å². The second kappa shape index (κ2) is 9.20. The average molecular weight is 235 g/mol.